The van der Waals surface area contributed by atoms with E-state index >= 15 is 0 Å². The highest BCUT2D eigenvalue weighted by Gasteiger charge is 2.20. The van der Waals surface area contributed by atoms with Gasteiger partial charge in [0, 0.05) is 43.8 Å². The number of hydrogen-bond donors (Lipinski definition) is 0. The maximum atomic E-state index is 9.78. The lowest BCUT2D eigenvalue weighted by atomic mass is 9.99. The third kappa shape index (κ3) is 6.36. The molecular weight excluding hydrogens is 805 g/mol. The van der Waals surface area contributed by atoms with E-state index in [1.165, 1.54) is 4.57 Å². The highest BCUT2D eigenvalue weighted by atomic mass is 16.3. The van der Waals surface area contributed by atoms with E-state index in [9.17, 15) is 11.0 Å². The normalized spacial score (nSPS) is 15.5. The summed E-state index contributed by atoms with van der Waals surface area (Å²) in [6.07, 6.45) is 0. The van der Waals surface area contributed by atoms with Crippen molar-refractivity contribution in [3.63, 3.8) is 0 Å². The second-order valence-corrected chi connectivity index (χ2v) is 15.4. The number of furan rings is 1. The van der Waals surface area contributed by atoms with Crippen molar-refractivity contribution in [3.05, 3.63) is 230 Å². The zero-order chi connectivity index (χ0) is 59.2. The standard InChI is InChI=1S/C61H38N4O/c1-3-15-39(16-4-1)41-29-30-43-36-47(32-31-42(43)35-41)60-62-59(63-61(64-60)52-23-9-12-28-56(52)65-54-26-10-7-21-49(54)50-22-8-11-27-55(50)65)46-20-13-19-45(37-46)48-24-14-25-51-53-38-44(40-17-5-2-6-18-40)33-34-57(53)66-58(48)51/h1-38H/i1D,3D,4D,7D,8D,10D,15D,16D,21D,22D,26D,27D,29D,30D,31D,32D,35D,36D. The summed E-state index contributed by atoms with van der Waals surface area (Å²) in [5.41, 5.74) is 3.59. The van der Waals surface area contributed by atoms with Crippen LogP contribution in [0.1, 0.15) is 24.7 Å². The van der Waals surface area contributed by atoms with Gasteiger partial charge in [0.05, 0.1) is 41.4 Å². The van der Waals surface area contributed by atoms with Gasteiger partial charge in [0.25, 0.3) is 0 Å². The van der Waals surface area contributed by atoms with E-state index in [0.29, 0.717) is 27.9 Å². The molecule has 0 bridgehead atoms. The van der Waals surface area contributed by atoms with Crippen molar-refractivity contribution in [1.82, 2.24) is 19.5 Å². The molecule has 10 aromatic carbocycles. The average molecular weight is 861 g/mol. The predicted molar refractivity (Wildman–Crippen MR) is 272 cm³/mol. The molecule has 66 heavy (non-hydrogen) atoms. The number of aromatic nitrogens is 4. The van der Waals surface area contributed by atoms with Crippen LogP contribution in [0.15, 0.2) is 235 Å². The van der Waals surface area contributed by atoms with Crippen LogP contribution in [0, 0.1) is 0 Å². The van der Waals surface area contributed by atoms with Crippen molar-refractivity contribution < 1.29 is 29.1 Å². The minimum absolute atomic E-state index is 0.0256. The van der Waals surface area contributed by atoms with Crippen molar-refractivity contribution >= 4 is 54.5 Å². The summed E-state index contributed by atoms with van der Waals surface area (Å²) in [4.78, 5) is 14.8. The highest BCUT2D eigenvalue weighted by Crippen LogP contribution is 2.40. The van der Waals surface area contributed by atoms with Crippen LogP contribution in [0.3, 0.4) is 0 Å². The van der Waals surface area contributed by atoms with Gasteiger partial charge in [0.1, 0.15) is 11.2 Å². The lowest BCUT2D eigenvalue weighted by Gasteiger charge is -2.15. The Hall–Kier alpha value is -8.93. The Balaban J connectivity index is 1.08. The molecule has 0 amide bonds. The quantitative estimate of drug-likeness (QED) is 0.160. The molecule has 0 spiro atoms. The Bertz CT molecular complexity index is 5050. The molecule has 0 aliphatic heterocycles. The Labute approximate surface area is 405 Å². The fourth-order valence-electron chi connectivity index (χ4n) is 8.45. The van der Waals surface area contributed by atoms with Gasteiger partial charge in [0.2, 0.25) is 0 Å². The SMILES string of the molecule is [2H]c1cc([2H])c2c(c1[2H])c1c([2H])c([2H])c([2H])c([2H])c1n2-c1ccccc1-c1nc(-c2cccc(-c3cccc4c3oc3ccc(-c5ccccc5)cc34)c2)nc(-c2c([2H])c([2H])c3c([2H])c(-c4c([2H])c([2H])c([2H])c([2H])c4[2H])c([2H])c([2H])c3c2[2H])n1. The third-order valence-electron chi connectivity index (χ3n) is 11.5. The summed E-state index contributed by atoms with van der Waals surface area (Å²) in [5, 5.41) is 0.622. The summed E-state index contributed by atoms with van der Waals surface area (Å²) in [6.45, 7) is 0. The summed E-state index contributed by atoms with van der Waals surface area (Å²) in [5.74, 6) is -0.603. The van der Waals surface area contributed by atoms with Gasteiger partial charge >= 0.3 is 0 Å². The zero-order valence-corrected chi connectivity index (χ0v) is 34.2. The summed E-state index contributed by atoms with van der Waals surface area (Å²) in [6, 6.07) is 25.1. The van der Waals surface area contributed by atoms with Gasteiger partial charge in [0.15, 0.2) is 17.5 Å². The van der Waals surface area contributed by atoms with E-state index in [-0.39, 0.29) is 68.7 Å². The van der Waals surface area contributed by atoms with E-state index < -0.39 is 118 Å². The molecule has 0 N–H and O–H groups in total. The van der Waals surface area contributed by atoms with Crippen molar-refractivity contribution in [1.29, 1.82) is 0 Å². The Morgan fingerprint density at radius 2 is 1.05 bits per heavy atom. The smallest absolute Gasteiger partial charge is 0.166 e. The Morgan fingerprint density at radius 1 is 0.379 bits per heavy atom. The predicted octanol–water partition coefficient (Wildman–Crippen LogP) is 16.0. The number of para-hydroxylation sites is 4. The maximum absolute atomic E-state index is 9.78. The van der Waals surface area contributed by atoms with Gasteiger partial charge in [-0.3, -0.25) is 0 Å². The first-order valence-electron chi connectivity index (χ1n) is 29.8. The highest BCUT2D eigenvalue weighted by molar-refractivity contribution is 6.11. The molecule has 3 aromatic heterocycles. The molecular formula is C61H38N4O. The van der Waals surface area contributed by atoms with Crippen LogP contribution in [0.5, 0.6) is 0 Å². The number of benzene rings is 10. The van der Waals surface area contributed by atoms with Crippen molar-refractivity contribution in [3.8, 4) is 73.2 Å². The van der Waals surface area contributed by atoms with E-state index in [0.717, 1.165) is 28.0 Å². The number of fused-ring (bicyclic) bond motifs is 7. The molecule has 3 heterocycles. The zero-order valence-electron chi connectivity index (χ0n) is 52.2. The third-order valence-corrected chi connectivity index (χ3v) is 11.5. The number of rotatable bonds is 7. The molecule has 5 heteroatoms. The summed E-state index contributed by atoms with van der Waals surface area (Å²) >= 11 is 0. The van der Waals surface area contributed by atoms with Gasteiger partial charge in [-0.25, -0.2) is 15.0 Å². The van der Waals surface area contributed by atoms with Crippen LogP contribution in [0.2, 0.25) is 0 Å². The monoisotopic (exact) mass is 860 g/mol. The molecule has 308 valence electrons. The van der Waals surface area contributed by atoms with Crippen molar-refractivity contribution in [2.24, 2.45) is 0 Å². The molecule has 0 unspecified atom stereocenters. The molecule has 13 aromatic rings. The Morgan fingerprint density at radius 3 is 1.92 bits per heavy atom. The van der Waals surface area contributed by atoms with Crippen LogP contribution in [0.4, 0.5) is 0 Å². The molecule has 13 rings (SSSR count). The van der Waals surface area contributed by atoms with Gasteiger partial charge in [-0.05, 0) is 93.1 Å². The molecule has 0 aliphatic rings. The first kappa shape index (κ1) is 23.7. The van der Waals surface area contributed by atoms with E-state index in [4.69, 9.17) is 33.1 Å². The summed E-state index contributed by atoms with van der Waals surface area (Å²) < 4.78 is 169. The number of nitrogens with zero attached hydrogens (tertiary/aromatic N) is 4. The molecule has 0 saturated carbocycles. The lowest BCUT2D eigenvalue weighted by molar-refractivity contribution is 0.670. The van der Waals surface area contributed by atoms with Crippen LogP contribution in [-0.2, 0) is 0 Å². The van der Waals surface area contributed by atoms with Gasteiger partial charge in [-0.15, -0.1) is 0 Å². The fourth-order valence-corrected chi connectivity index (χ4v) is 8.45. The van der Waals surface area contributed by atoms with E-state index in [1.54, 1.807) is 42.5 Å². The topological polar surface area (TPSA) is 56.7 Å². The van der Waals surface area contributed by atoms with Crippen LogP contribution >= 0.6 is 0 Å². The maximum Gasteiger partial charge on any atom is 0.166 e. The van der Waals surface area contributed by atoms with Crippen molar-refractivity contribution in [2.45, 2.75) is 0 Å². The van der Waals surface area contributed by atoms with Gasteiger partial charge in [-0.1, -0.05) is 176 Å². The second-order valence-electron chi connectivity index (χ2n) is 15.4. The van der Waals surface area contributed by atoms with Crippen LogP contribution in [0.25, 0.3) is 128 Å². The largest absolute Gasteiger partial charge is 0.455 e. The Kier molecular flexibility index (Phi) is 5.52. The minimum Gasteiger partial charge on any atom is -0.455 e. The first-order chi connectivity index (χ1) is 40.2. The van der Waals surface area contributed by atoms with Gasteiger partial charge in [-0.2, -0.15) is 0 Å². The first-order valence-corrected chi connectivity index (χ1v) is 20.8. The van der Waals surface area contributed by atoms with Crippen molar-refractivity contribution in [2.75, 3.05) is 0 Å². The molecule has 0 radical (unpaired) electrons. The molecule has 5 nitrogen and oxygen atoms in total. The van der Waals surface area contributed by atoms with Crippen LogP contribution in [-0.4, -0.2) is 19.5 Å². The van der Waals surface area contributed by atoms with E-state index in [2.05, 4.69) is 6.07 Å². The minimum atomic E-state index is -0.784. The number of hydrogen-bond acceptors (Lipinski definition) is 4. The second kappa shape index (κ2) is 15.4. The molecule has 0 atom stereocenters. The fraction of sp³-hybridized carbons (Fsp3) is 0. The summed E-state index contributed by atoms with van der Waals surface area (Å²) in [7, 11) is 0. The molecule has 0 saturated heterocycles. The molecule has 0 fully saturated rings. The average Bonchev–Trinajstić information content (AvgIpc) is 3.55. The lowest BCUT2D eigenvalue weighted by Crippen LogP contribution is -2.03. The van der Waals surface area contributed by atoms with Gasteiger partial charge < -0.3 is 8.98 Å². The van der Waals surface area contributed by atoms with E-state index in [1.807, 2.05) is 66.7 Å². The van der Waals surface area contributed by atoms with Crippen LogP contribution < -0.4 is 0 Å². The molecule has 0 aliphatic carbocycles.